The van der Waals surface area contributed by atoms with Crippen LogP contribution in [0, 0.1) is 0 Å². The molecule has 2 aliphatic rings. The molecule has 1 saturated heterocycles. The number of benzene rings is 2. The normalized spacial score (nSPS) is 23.1. The predicted molar refractivity (Wildman–Crippen MR) is 123 cm³/mol. The Labute approximate surface area is 192 Å². The third-order valence-electron chi connectivity index (χ3n) is 5.83. The third kappa shape index (κ3) is 5.62. The first-order chi connectivity index (χ1) is 16.1. The van der Waals surface area contributed by atoms with Crippen LogP contribution in [0.2, 0.25) is 0 Å². The van der Waals surface area contributed by atoms with Gasteiger partial charge in [-0.05, 0) is 36.8 Å². The first kappa shape index (κ1) is 23.0. The van der Waals surface area contributed by atoms with E-state index < -0.39 is 6.10 Å². The maximum Gasteiger partial charge on any atom is 0.323 e. The Bertz CT molecular complexity index is 970. The van der Waals surface area contributed by atoms with E-state index in [1.165, 1.54) is 0 Å². The number of fused-ring (bicyclic) bond motifs is 3. The van der Waals surface area contributed by atoms with Gasteiger partial charge in [0.05, 0.1) is 25.7 Å². The molecular formula is C24H29N3O6. The zero-order valence-electron chi connectivity index (χ0n) is 18.5. The Kier molecular flexibility index (Phi) is 7.43. The van der Waals surface area contributed by atoms with Crippen LogP contribution in [-0.2, 0) is 14.3 Å². The number of para-hydroxylation sites is 1. The van der Waals surface area contributed by atoms with Crippen molar-refractivity contribution >= 4 is 23.3 Å². The lowest BCUT2D eigenvalue weighted by molar-refractivity contribution is -0.142. The summed E-state index contributed by atoms with van der Waals surface area (Å²) in [6, 6.07) is 14.3. The molecule has 176 valence electrons. The molecular weight excluding hydrogens is 426 g/mol. The zero-order valence-corrected chi connectivity index (χ0v) is 18.5. The Hall–Kier alpha value is -3.14. The van der Waals surface area contributed by atoms with Crippen LogP contribution in [0.15, 0.2) is 48.5 Å². The summed E-state index contributed by atoms with van der Waals surface area (Å²) >= 11 is 0. The zero-order chi connectivity index (χ0) is 23.2. The van der Waals surface area contributed by atoms with E-state index in [2.05, 4.69) is 16.0 Å². The smallest absolute Gasteiger partial charge is 0.323 e. The number of ether oxygens (including phenoxy) is 3. The van der Waals surface area contributed by atoms with Crippen LogP contribution in [0.3, 0.4) is 0 Å². The summed E-state index contributed by atoms with van der Waals surface area (Å²) in [6.45, 7) is 0.668. The van der Waals surface area contributed by atoms with Gasteiger partial charge in [0.15, 0.2) is 0 Å². The van der Waals surface area contributed by atoms with Gasteiger partial charge in [-0.15, -0.1) is 0 Å². The quantitative estimate of drug-likeness (QED) is 0.454. The highest BCUT2D eigenvalue weighted by molar-refractivity contribution is 5.99. The molecule has 0 saturated carbocycles. The highest BCUT2D eigenvalue weighted by Gasteiger charge is 2.46. The van der Waals surface area contributed by atoms with E-state index in [0.717, 1.165) is 5.56 Å². The molecule has 0 radical (unpaired) electrons. The van der Waals surface area contributed by atoms with Gasteiger partial charge in [-0.2, -0.15) is 0 Å². The monoisotopic (exact) mass is 455 g/mol. The summed E-state index contributed by atoms with van der Waals surface area (Å²) in [5.41, 5.74) is 2.26. The van der Waals surface area contributed by atoms with Gasteiger partial charge in [-0.25, -0.2) is 4.79 Å². The minimum Gasteiger partial charge on any atom is -0.487 e. The molecule has 9 heteroatoms. The topological polar surface area (TPSA) is 118 Å². The molecule has 9 nitrogen and oxygen atoms in total. The van der Waals surface area contributed by atoms with Crippen molar-refractivity contribution in [2.45, 2.75) is 37.1 Å². The molecule has 0 bridgehead atoms. The number of methoxy groups -OCH3 is 1. The van der Waals surface area contributed by atoms with Gasteiger partial charge >= 0.3 is 6.03 Å². The lowest BCUT2D eigenvalue weighted by Gasteiger charge is -2.37. The van der Waals surface area contributed by atoms with Crippen molar-refractivity contribution in [3.63, 3.8) is 0 Å². The molecule has 0 unspecified atom stereocenters. The SMILES string of the molecule is COCCNC(=O)C[C@H]1C[C@@H]2c3cc(NC(=O)Nc4ccccc4)ccc3O[C@@H]2[C@H](CO)O1. The van der Waals surface area contributed by atoms with Gasteiger partial charge in [-0.1, -0.05) is 18.2 Å². The summed E-state index contributed by atoms with van der Waals surface area (Å²) in [5.74, 6) is 0.521. The van der Waals surface area contributed by atoms with Gasteiger partial charge in [0.2, 0.25) is 5.91 Å². The fourth-order valence-corrected chi connectivity index (χ4v) is 4.35. The predicted octanol–water partition coefficient (Wildman–Crippen LogP) is 2.48. The van der Waals surface area contributed by atoms with Gasteiger partial charge < -0.3 is 35.3 Å². The number of urea groups is 1. The van der Waals surface area contributed by atoms with Crippen LogP contribution in [-0.4, -0.2) is 62.2 Å². The van der Waals surface area contributed by atoms with Crippen molar-refractivity contribution in [1.82, 2.24) is 5.32 Å². The van der Waals surface area contributed by atoms with E-state index >= 15 is 0 Å². The largest absolute Gasteiger partial charge is 0.487 e. The molecule has 0 spiro atoms. The first-order valence-corrected chi connectivity index (χ1v) is 11.0. The molecule has 2 heterocycles. The van der Waals surface area contributed by atoms with Crippen molar-refractivity contribution < 1.29 is 28.9 Å². The summed E-state index contributed by atoms with van der Waals surface area (Å²) in [5, 5.41) is 18.3. The van der Waals surface area contributed by atoms with Crippen molar-refractivity contribution in [2.75, 3.05) is 37.5 Å². The number of rotatable bonds is 8. The average Bonchev–Trinajstić information content (AvgIpc) is 3.17. The van der Waals surface area contributed by atoms with Gasteiger partial charge in [-0.3, -0.25) is 4.79 Å². The standard InChI is InChI=1S/C24H29N3O6/c1-31-10-9-25-22(29)13-17-12-19-18-11-16(27-24(30)26-15-5-3-2-4-6-15)7-8-20(18)33-23(19)21(14-28)32-17/h2-8,11,17,19,21,23,28H,9-10,12-14H2,1H3,(H,25,29)(H2,26,27,30)/t17-,19-,21+,23+/m1/s1. The second kappa shape index (κ2) is 10.7. The van der Waals surface area contributed by atoms with Crippen LogP contribution in [0.1, 0.15) is 24.3 Å². The van der Waals surface area contributed by atoms with Gasteiger partial charge in [0, 0.05) is 36.5 Å². The molecule has 4 atom stereocenters. The molecule has 2 aliphatic heterocycles. The number of carbonyl (C=O) groups is 2. The number of hydrogen-bond donors (Lipinski definition) is 4. The van der Waals surface area contributed by atoms with Crippen LogP contribution in [0.4, 0.5) is 16.2 Å². The number of hydrogen-bond acceptors (Lipinski definition) is 6. The molecule has 2 aromatic rings. The molecule has 3 amide bonds. The number of carbonyl (C=O) groups excluding carboxylic acids is 2. The third-order valence-corrected chi connectivity index (χ3v) is 5.83. The molecule has 0 aliphatic carbocycles. The Morgan fingerprint density at radius 1 is 1.12 bits per heavy atom. The second-order valence-electron chi connectivity index (χ2n) is 8.15. The Balaban J connectivity index is 1.43. The number of aliphatic hydroxyl groups is 1. The number of amides is 3. The molecule has 0 aromatic heterocycles. The van der Waals surface area contributed by atoms with Crippen LogP contribution in [0.5, 0.6) is 5.75 Å². The minimum absolute atomic E-state index is 0.0541. The van der Waals surface area contributed by atoms with Crippen LogP contribution < -0.4 is 20.7 Å². The van der Waals surface area contributed by atoms with Crippen molar-refractivity contribution in [1.29, 1.82) is 0 Å². The fourth-order valence-electron chi connectivity index (χ4n) is 4.35. The Morgan fingerprint density at radius 3 is 2.67 bits per heavy atom. The second-order valence-corrected chi connectivity index (χ2v) is 8.15. The highest BCUT2D eigenvalue weighted by Crippen LogP contribution is 2.47. The van der Waals surface area contributed by atoms with Gasteiger partial charge in [0.25, 0.3) is 0 Å². The number of nitrogens with one attached hydrogen (secondary N) is 3. The van der Waals surface area contributed by atoms with E-state index in [4.69, 9.17) is 14.2 Å². The minimum atomic E-state index is -0.536. The van der Waals surface area contributed by atoms with E-state index in [9.17, 15) is 14.7 Å². The van der Waals surface area contributed by atoms with Crippen molar-refractivity contribution in [3.05, 3.63) is 54.1 Å². The summed E-state index contributed by atoms with van der Waals surface area (Å²) < 4.78 is 17.0. The summed E-state index contributed by atoms with van der Waals surface area (Å²) in [7, 11) is 1.58. The molecule has 33 heavy (non-hydrogen) atoms. The number of anilines is 2. The molecule has 1 fully saturated rings. The van der Waals surface area contributed by atoms with E-state index in [1.54, 1.807) is 13.2 Å². The maximum absolute atomic E-state index is 12.4. The number of aliphatic hydroxyl groups excluding tert-OH is 1. The van der Waals surface area contributed by atoms with E-state index in [0.29, 0.717) is 36.7 Å². The fraction of sp³-hybridized carbons (Fsp3) is 0.417. The van der Waals surface area contributed by atoms with Gasteiger partial charge in [0.1, 0.15) is 18.0 Å². The average molecular weight is 456 g/mol. The lowest BCUT2D eigenvalue weighted by Crippen LogP contribution is -2.47. The summed E-state index contributed by atoms with van der Waals surface area (Å²) in [6.07, 6.45) is -0.461. The molecule has 4 N–H and O–H groups in total. The summed E-state index contributed by atoms with van der Waals surface area (Å²) in [4.78, 5) is 24.6. The Morgan fingerprint density at radius 2 is 1.91 bits per heavy atom. The van der Waals surface area contributed by atoms with Crippen LogP contribution in [0.25, 0.3) is 0 Å². The first-order valence-electron chi connectivity index (χ1n) is 11.0. The van der Waals surface area contributed by atoms with E-state index in [-0.39, 0.29) is 43.1 Å². The van der Waals surface area contributed by atoms with E-state index in [1.807, 2.05) is 42.5 Å². The molecule has 4 rings (SSSR count). The lowest BCUT2D eigenvalue weighted by atomic mass is 9.84. The molecule has 2 aromatic carbocycles. The van der Waals surface area contributed by atoms with Crippen LogP contribution >= 0.6 is 0 Å². The van der Waals surface area contributed by atoms with Crippen molar-refractivity contribution in [2.24, 2.45) is 0 Å². The maximum atomic E-state index is 12.4. The highest BCUT2D eigenvalue weighted by atomic mass is 16.6. The van der Waals surface area contributed by atoms with Crippen molar-refractivity contribution in [3.8, 4) is 5.75 Å².